The van der Waals surface area contributed by atoms with Gasteiger partial charge in [0.25, 0.3) is 0 Å². The van der Waals surface area contributed by atoms with E-state index in [1.54, 1.807) is 0 Å². The van der Waals surface area contributed by atoms with E-state index in [1.807, 2.05) is 29.2 Å². The highest BCUT2D eigenvalue weighted by atomic mass is 16.5. The molecular formula is C19H28N4O3. The van der Waals surface area contributed by atoms with E-state index in [9.17, 15) is 9.59 Å². The smallest absolute Gasteiger partial charge is 0.238 e. The van der Waals surface area contributed by atoms with Crippen molar-refractivity contribution in [3.8, 4) is 0 Å². The van der Waals surface area contributed by atoms with Gasteiger partial charge in [0.05, 0.1) is 19.8 Å². The van der Waals surface area contributed by atoms with Gasteiger partial charge in [-0.2, -0.15) is 0 Å². The van der Waals surface area contributed by atoms with Gasteiger partial charge in [-0.3, -0.25) is 14.5 Å². The van der Waals surface area contributed by atoms with E-state index in [4.69, 9.17) is 4.74 Å². The van der Waals surface area contributed by atoms with Crippen molar-refractivity contribution in [2.45, 2.75) is 12.8 Å². The second-order valence-electron chi connectivity index (χ2n) is 6.76. The number of morpholine rings is 1. The summed E-state index contributed by atoms with van der Waals surface area (Å²) in [5, 5.41) is 6.22. The highest BCUT2D eigenvalue weighted by Gasteiger charge is 2.16. The molecule has 2 aliphatic heterocycles. The first kappa shape index (κ1) is 18.8. The molecular weight excluding hydrogens is 332 g/mol. The van der Waals surface area contributed by atoms with Crippen molar-refractivity contribution in [1.29, 1.82) is 0 Å². The van der Waals surface area contributed by atoms with Gasteiger partial charge in [-0.15, -0.1) is 0 Å². The summed E-state index contributed by atoms with van der Waals surface area (Å²) in [5.74, 6) is 0.198. The van der Waals surface area contributed by atoms with Crippen LogP contribution in [-0.4, -0.2) is 80.6 Å². The van der Waals surface area contributed by atoms with Crippen LogP contribution in [0.4, 0.5) is 5.69 Å². The number of amides is 2. The molecule has 0 atom stereocenters. The summed E-state index contributed by atoms with van der Waals surface area (Å²) in [5.41, 5.74) is 1.90. The lowest BCUT2D eigenvalue weighted by atomic mass is 10.1. The van der Waals surface area contributed by atoms with E-state index in [0.717, 1.165) is 37.4 Å². The van der Waals surface area contributed by atoms with E-state index in [-0.39, 0.29) is 11.8 Å². The summed E-state index contributed by atoms with van der Waals surface area (Å²) < 4.78 is 5.27. The van der Waals surface area contributed by atoms with Crippen molar-refractivity contribution in [2.75, 3.05) is 64.3 Å². The predicted molar refractivity (Wildman–Crippen MR) is 100 cm³/mol. The van der Waals surface area contributed by atoms with Crippen LogP contribution < -0.4 is 10.6 Å². The van der Waals surface area contributed by atoms with E-state index >= 15 is 0 Å². The lowest BCUT2D eigenvalue weighted by molar-refractivity contribution is -0.135. The maximum Gasteiger partial charge on any atom is 0.238 e. The number of carbonyl (C=O) groups is 2. The molecule has 0 aliphatic carbocycles. The molecule has 0 unspecified atom stereocenters. The Labute approximate surface area is 154 Å². The van der Waals surface area contributed by atoms with Gasteiger partial charge >= 0.3 is 0 Å². The zero-order chi connectivity index (χ0) is 18.2. The lowest BCUT2D eigenvalue weighted by Crippen LogP contribution is -2.46. The van der Waals surface area contributed by atoms with Crippen LogP contribution in [-0.2, 0) is 20.7 Å². The lowest BCUT2D eigenvalue weighted by Gasteiger charge is -2.26. The molecule has 7 nitrogen and oxygen atoms in total. The maximum atomic E-state index is 12.2. The van der Waals surface area contributed by atoms with E-state index in [1.165, 1.54) is 0 Å². The summed E-state index contributed by atoms with van der Waals surface area (Å²) in [7, 11) is 0. The van der Waals surface area contributed by atoms with Gasteiger partial charge in [-0.05, 0) is 24.1 Å². The zero-order valence-electron chi connectivity index (χ0n) is 15.2. The van der Waals surface area contributed by atoms with Crippen molar-refractivity contribution in [1.82, 2.24) is 15.1 Å². The largest absolute Gasteiger partial charge is 0.378 e. The fraction of sp³-hybridized carbons (Fsp3) is 0.579. The molecule has 7 heteroatoms. The number of hydrogen-bond acceptors (Lipinski definition) is 5. The SMILES string of the molecule is O=C(CN1CCNCC1)Nc1ccc(CCC(=O)N2CCOCC2)cc1. The zero-order valence-corrected chi connectivity index (χ0v) is 15.2. The Morgan fingerprint density at radius 1 is 1.04 bits per heavy atom. The monoisotopic (exact) mass is 360 g/mol. The first-order chi connectivity index (χ1) is 12.7. The van der Waals surface area contributed by atoms with Crippen LogP contribution in [0.1, 0.15) is 12.0 Å². The normalized spacial score (nSPS) is 18.5. The molecule has 26 heavy (non-hydrogen) atoms. The molecule has 2 aliphatic rings. The van der Waals surface area contributed by atoms with Crippen LogP contribution in [0.15, 0.2) is 24.3 Å². The Morgan fingerprint density at radius 3 is 2.42 bits per heavy atom. The average molecular weight is 360 g/mol. The fourth-order valence-corrected chi connectivity index (χ4v) is 3.25. The van der Waals surface area contributed by atoms with Crippen molar-refractivity contribution in [3.05, 3.63) is 29.8 Å². The van der Waals surface area contributed by atoms with Gasteiger partial charge in [0.1, 0.15) is 0 Å². The molecule has 0 bridgehead atoms. The second kappa shape index (κ2) is 9.66. The summed E-state index contributed by atoms with van der Waals surface area (Å²) in [6.45, 7) is 6.76. The first-order valence-electron chi connectivity index (χ1n) is 9.38. The highest BCUT2D eigenvalue weighted by Crippen LogP contribution is 2.12. The minimum atomic E-state index is 0.0159. The number of nitrogens with zero attached hydrogens (tertiary/aromatic N) is 2. The van der Waals surface area contributed by atoms with Crippen LogP contribution >= 0.6 is 0 Å². The van der Waals surface area contributed by atoms with Gasteiger partial charge in [0.2, 0.25) is 11.8 Å². The third-order valence-electron chi connectivity index (χ3n) is 4.81. The third kappa shape index (κ3) is 5.79. The van der Waals surface area contributed by atoms with Gasteiger partial charge in [-0.25, -0.2) is 0 Å². The second-order valence-corrected chi connectivity index (χ2v) is 6.76. The summed E-state index contributed by atoms with van der Waals surface area (Å²) in [6, 6.07) is 7.77. The molecule has 2 amide bonds. The Kier molecular flexibility index (Phi) is 6.99. The number of carbonyl (C=O) groups excluding carboxylic acids is 2. The molecule has 0 saturated carbocycles. The first-order valence-corrected chi connectivity index (χ1v) is 9.38. The van der Waals surface area contributed by atoms with Crippen molar-refractivity contribution >= 4 is 17.5 Å². The number of piperazine rings is 1. The number of aryl methyl sites for hydroxylation is 1. The van der Waals surface area contributed by atoms with Gasteiger partial charge in [-0.1, -0.05) is 12.1 Å². The van der Waals surface area contributed by atoms with E-state index in [2.05, 4.69) is 15.5 Å². The Hall–Kier alpha value is -1.96. The molecule has 2 heterocycles. The Bertz CT molecular complexity index is 593. The minimum Gasteiger partial charge on any atom is -0.378 e. The van der Waals surface area contributed by atoms with Gasteiger partial charge < -0.3 is 20.3 Å². The van der Waals surface area contributed by atoms with Crippen molar-refractivity contribution in [3.63, 3.8) is 0 Å². The number of anilines is 1. The van der Waals surface area contributed by atoms with Crippen molar-refractivity contribution < 1.29 is 14.3 Å². The van der Waals surface area contributed by atoms with Crippen LogP contribution in [0.25, 0.3) is 0 Å². The summed E-state index contributed by atoms with van der Waals surface area (Å²) in [6.07, 6.45) is 1.22. The van der Waals surface area contributed by atoms with E-state index in [0.29, 0.717) is 45.7 Å². The predicted octanol–water partition coefficient (Wildman–Crippen LogP) is 0.322. The molecule has 2 saturated heterocycles. The summed E-state index contributed by atoms with van der Waals surface area (Å²) in [4.78, 5) is 28.3. The number of ether oxygens (including phenoxy) is 1. The van der Waals surface area contributed by atoms with Crippen LogP contribution in [0.2, 0.25) is 0 Å². The molecule has 1 aromatic carbocycles. The number of benzene rings is 1. The average Bonchev–Trinajstić information content (AvgIpc) is 2.68. The standard InChI is InChI=1S/C19H28N4O3/c24-18(15-22-9-7-20-8-10-22)21-17-4-1-16(2-5-17)3-6-19(25)23-11-13-26-14-12-23/h1-2,4-5,20H,3,6-15H2,(H,21,24). The fourth-order valence-electron chi connectivity index (χ4n) is 3.25. The quantitative estimate of drug-likeness (QED) is 0.764. The topological polar surface area (TPSA) is 73.9 Å². The minimum absolute atomic E-state index is 0.0159. The van der Waals surface area contributed by atoms with Gasteiger partial charge in [0.15, 0.2) is 0 Å². The maximum absolute atomic E-state index is 12.2. The Balaban J connectivity index is 1.41. The van der Waals surface area contributed by atoms with E-state index < -0.39 is 0 Å². The van der Waals surface area contributed by atoms with Gasteiger partial charge in [0, 0.05) is 51.4 Å². The molecule has 2 N–H and O–H groups in total. The molecule has 1 aromatic rings. The Morgan fingerprint density at radius 2 is 1.73 bits per heavy atom. The van der Waals surface area contributed by atoms with Crippen LogP contribution in [0.5, 0.6) is 0 Å². The number of hydrogen-bond donors (Lipinski definition) is 2. The molecule has 3 rings (SSSR count). The van der Waals surface area contributed by atoms with Crippen LogP contribution in [0.3, 0.4) is 0 Å². The summed E-state index contributed by atoms with van der Waals surface area (Å²) >= 11 is 0. The highest BCUT2D eigenvalue weighted by molar-refractivity contribution is 5.92. The van der Waals surface area contributed by atoms with Crippen LogP contribution in [0, 0.1) is 0 Å². The molecule has 2 fully saturated rings. The molecule has 0 radical (unpaired) electrons. The number of nitrogens with one attached hydrogen (secondary N) is 2. The molecule has 0 aromatic heterocycles. The third-order valence-corrected chi connectivity index (χ3v) is 4.81. The van der Waals surface area contributed by atoms with Crippen molar-refractivity contribution in [2.24, 2.45) is 0 Å². The molecule has 142 valence electrons. The molecule has 0 spiro atoms. The number of rotatable bonds is 6.